The number of halogens is 21. The number of anilines is 10. The molecule has 0 saturated carbocycles. The van der Waals surface area contributed by atoms with Crippen molar-refractivity contribution >= 4 is 168 Å². The first-order valence-electron chi connectivity index (χ1n) is 44.1. The van der Waals surface area contributed by atoms with Crippen LogP contribution >= 0.6 is 66.7 Å². The third-order valence-corrected chi connectivity index (χ3v) is 24.2. The van der Waals surface area contributed by atoms with Crippen LogP contribution in [0.25, 0.3) is 112 Å². The minimum absolute atomic E-state index is 0.0311. The van der Waals surface area contributed by atoms with Crippen molar-refractivity contribution in [2.45, 2.75) is 31.3 Å². The van der Waals surface area contributed by atoms with Gasteiger partial charge < -0.3 is 54.5 Å². The molecule has 12 aromatic heterocycles. The second kappa shape index (κ2) is 44.3. The molecule has 150 heavy (non-hydrogen) atoms. The molecule has 0 unspecified atom stereocenters. The van der Waals surface area contributed by atoms with Crippen LogP contribution in [0.3, 0.4) is 0 Å². The lowest BCUT2D eigenvalue weighted by Gasteiger charge is -2.12. The summed E-state index contributed by atoms with van der Waals surface area (Å²) in [5.41, 5.74) is 2.78. The van der Waals surface area contributed by atoms with Crippen LogP contribution in [0.1, 0.15) is 22.8 Å². The topological polar surface area (TPSA) is 266 Å². The van der Waals surface area contributed by atoms with Crippen molar-refractivity contribution in [3.8, 4) is 85.7 Å². The fraction of sp³-hybridized carbons (Fsp3) is 0.0962. The Morgan fingerprint density at radius 3 is 0.947 bits per heavy atom. The molecule has 0 amide bonds. The van der Waals surface area contributed by atoms with E-state index in [4.69, 9.17) is 49.3 Å². The van der Waals surface area contributed by atoms with Gasteiger partial charge in [-0.25, -0.2) is 68.6 Å². The van der Waals surface area contributed by atoms with E-state index in [0.717, 1.165) is 62.3 Å². The number of hydrogen-bond donors (Lipinski definition) is 5. The van der Waals surface area contributed by atoms with Crippen LogP contribution in [0.15, 0.2) is 313 Å². The number of nitrogens with one attached hydrogen (secondary N) is 5. The number of fused-ring (bicyclic) bond motifs is 5. The lowest BCUT2D eigenvalue weighted by Crippen LogP contribution is -2.13. The van der Waals surface area contributed by atoms with E-state index in [9.17, 15) is 70.2 Å². The third kappa shape index (κ3) is 24.1. The highest BCUT2D eigenvalue weighted by Crippen LogP contribution is 2.48. The van der Waals surface area contributed by atoms with Crippen molar-refractivity contribution in [3.63, 3.8) is 0 Å². The number of ether oxygens (including phenoxy) is 3. The average molecular weight is 2250 g/mol. The number of aromatic nitrogens is 17. The summed E-state index contributed by atoms with van der Waals surface area (Å²) in [6.45, 7) is -2.95. The van der Waals surface area contributed by atoms with Gasteiger partial charge in [0, 0.05) is 155 Å². The van der Waals surface area contributed by atoms with Crippen LogP contribution in [0, 0.1) is 11.6 Å². The quantitative estimate of drug-likeness (QED) is 0.0444. The Kier molecular flexibility index (Phi) is 30.9. The molecule has 46 heteroatoms. The summed E-state index contributed by atoms with van der Waals surface area (Å²) in [5.74, 6) is 2.07. The van der Waals surface area contributed by atoms with Crippen molar-refractivity contribution in [2.75, 3.05) is 40.8 Å². The molecule has 0 radical (unpaired) electrons. The molecule has 21 aromatic rings. The summed E-state index contributed by atoms with van der Waals surface area (Å²) >= 11 is 24.9. The van der Waals surface area contributed by atoms with Gasteiger partial charge in [0.2, 0.25) is 0 Å². The Labute approximate surface area is 871 Å². The molecule has 762 valence electrons. The summed E-state index contributed by atoms with van der Waals surface area (Å²) in [7, 11) is 7.14. The zero-order valence-corrected chi connectivity index (χ0v) is 83.1. The molecule has 21 rings (SSSR count). The summed E-state index contributed by atoms with van der Waals surface area (Å²) in [6.07, 6.45) is -9.14. The number of rotatable bonds is 20. The van der Waals surface area contributed by atoms with E-state index in [0.29, 0.717) is 106 Å². The zero-order chi connectivity index (χ0) is 106. The average Bonchev–Trinajstić information content (AvgIpc) is 1.60. The number of imidazole rings is 2. The first kappa shape index (κ1) is 105. The summed E-state index contributed by atoms with van der Waals surface area (Å²) in [6, 6.07) is 71.3. The van der Waals surface area contributed by atoms with E-state index in [-0.39, 0.29) is 79.2 Å². The molecule has 0 aliphatic heterocycles. The number of nitrogens with zero attached hydrogens (tertiary/aromatic N) is 17. The van der Waals surface area contributed by atoms with E-state index >= 15 is 0 Å². The van der Waals surface area contributed by atoms with Crippen LogP contribution in [0.2, 0.25) is 15.1 Å². The molecule has 0 aliphatic rings. The Balaban J connectivity index is 0.000000128. The molecule has 5 N–H and O–H groups in total. The first-order valence-corrected chi connectivity index (χ1v) is 46.8. The lowest BCUT2D eigenvalue weighted by molar-refractivity contribution is -0.143. The number of alkyl halides is 14. The normalized spacial score (nSPS) is 11.6. The maximum Gasteiger partial charge on any atom is 0.435 e. The predicted octanol–water partition coefficient (Wildman–Crippen LogP) is 30.3. The fourth-order valence-electron chi connectivity index (χ4n) is 16.0. The standard InChI is InChI=1S/C23H15BrFN5.C21H14ClF5N4O.C21H16ClF3N4O.C20H13BrClF3N4.C19H13F4N5O/c24-16-6-9-18(10-7-16)27-19-12-13-26-23(28-19)22-21(15-4-2-1-3-5-15)29-20-11-8-17(25)14-30(20)22;1-31-15-7-2-11(22)10-14(15)17(18(31)21(25,26)27)19-28-9-8-16(30-19)29-12-3-5-13(6-4-12)32-20(23)24;1-29-16-8-3-12(22)11-15(16)18(19(29)21(23,24)25)20-26-10-9-17(28-20)27-13-4-6-14(30-2)7-5-13;1-29-15-7-4-12(22)10-14(15)17(18(29)20(23,24)25)19-26-9-8-16(28-19)27-13-5-2-11(21)3-6-13;1-29-13-5-3-12(4-6-13)25-14-8-9-24-18(26-14)16-17(19(21,22)23)27-15-7-2-11(20)10-28(15)16/h1-14H,(H,26,27,28);2-10,20H,1H3,(H,28,29,30);3-11H,1-2H3,(H,26,27,28);2-10H,1H3,(H,26,27,28);2-10H,1H3,(H,24,25,26). The second-order valence-electron chi connectivity index (χ2n) is 32.3. The molecule has 0 saturated heterocycles. The molecule has 0 spiro atoms. The number of hydrogen-bond acceptors (Lipinski definition) is 20. The van der Waals surface area contributed by atoms with E-state index in [1.165, 1.54) is 132 Å². The van der Waals surface area contributed by atoms with Crippen molar-refractivity contribution in [3.05, 3.63) is 363 Å². The number of pyridine rings is 2. The SMILES string of the molecule is COc1ccc(Nc2ccnc(-c3c(C(F)(F)F)n(C)c4ccc(Cl)cc34)n2)cc1.COc1ccc(Nc2ccnc(-c3c(C(F)(F)F)nc4ccc(F)cn34)n2)cc1.Cn1c(C(F)(F)F)c(-c2nccc(Nc3ccc(Br)cc3)n2)c2cc(Cl)ccc21.Cn1c(C(F)(F)F)c(-c2nccc(Nc3ccc(OC(F)F)cc3)n2)c2cc(Cl)ccc21.Fc1ccc2nc(-c3ccccc3)c(-c3nccc(Nc4ccc(Br)cc4)n3)n2c1. The summed E-state index contributed by atoms with van der Waals surface area (Å²) in [5, 5.41) is 17.2. The first-order chi connectivity index (χ1) is 71.7. The van der Waals surface area contributed by atoms with Gasteiger partial charge in [-0.05, 0) is 231 Å². The molecule has 12 heterocycles. The number of aryl methyl sites for hydroxylation is 3. The number of benzene rings is 9. The fourth-order valence-corrected chi connectivity index (χ4v) is 17.0. The molecule has 0 bridgehead atoms. The van der Waals surface area contributed by atoms with Crippen molar-refractivity contribution in [2.24, 2.45) is 21.1 Å². The van der Waals surface area contributed by atoms with Gasteiger partial charge in [0.05, 0.1) is 30.9 Å². The van der Waals surface area contributed by atoms with Gasteiger partial charge >= 0.3 is 31.3 Å². The van der Waals surface area contributed by atoms with Crippen molar-refractivity contribution in [1.82, 2.24) is 82.3 Å². The predicted molar refractivity (Wildman–Crippen MR) is 548 cm³/mol. The Hall–Kier alpha value is -16.5. The van der Waals surface area contributed by atoms with Crippen molar-refractivity contribution in [1.29, 1.82) is 0 Å². The van der Waals surface area contributed by atoms with Crippen LogP contribution in [0.5, 0.6) is 17.2 Å². The van der Waals surface area contributed by atoms with Gasteiger partial charge in [0.1, 0.15) is 103 Å². The Morgan fingerprint density at radius 1 is 0.327 bits per heavy atom. The maximum absolute atomic E-state index is 14.0. The molecule has 25 nitrogen and oxygen atoms in total. The largest absolute Gasteiger partial charge is 0.497 e. The van der Waals surface area contributed by atoms with Gasteiger partial charge in [-0.3, -0.25) is 8.80 Å². The minimum Gasteiger partial charge on any atom is -0.497 e. The Bertz CT molecular complexity index is 8480. The highest BCUT2D eigenvalue weighted by molar-refractivity contribution is 9.10. The van der Waals surface area contributed by atoms with Crippen LogP contribution < -0.4 is 40.8 Å². The molecular formula is C104H71Br2Cl3F16N22O3. The summed E-state index contributed by atoms with van der Waals surface area (Å²) < 4.78 is 240. The number of methoxy groups -OCH3 is 2. The second-order valence-corrected chi connectivity index (χ2v) is 35.4. The van der Waals surface area contributed by atoms with Crippen molar-refractivity contribution < 1.29 is 84.5 Å². The summed E-state index contributed by atoms with van der Waals surface area (Å²) in [4.78, 5) is 50.8. The highest BCUT2D eigenvalue weighted by Gasteiger charge is 2.44. The van der Waals surface area contributed by atoms with Gasteiger partial charge in [0.25, 0.3) is 0 Å². The highest BCUT2D eigenvalue weighted by atomic mass is 79.9. The van der Waals surface area contributed by atoms with E-state index < -0.39 is 65.6 Å². The van der Waals surface area contributed by atoms with Crippen LogP contribution in [-0.4, -0.2) is 103 Å². The maximum atomic E-state index is 14.0. The van der Waals surface area contributed by atoms with Crippen LogP contribution in [-0.2, 0) is 45.8 Å². The van der Waals surface area contributed by atoms with E-state index in [1.54, 1.807) is 115 Å². The van der Waals surface area contributed by atoms with E-state index in [1.807, 2.05) is 78.9 Å². The van der Waals surface area contributed by atoms with Crippen LogP contribution in [0.4, 0.5) is 128 Å². The van der Waals surface area contributed by atoms with E-state index in [2.05, 4.69) is 118 Å². The van der Waals surface area contributed by atoms with Gasteiger partial charge in [0.15, 0.2) is 34.8 Å². The molecule has 0 fully saturated rings. The molecule has 9 aromatic carbocycles. The minimum atomic E-state index is -4.76. The monoisotopic (exact) mass is 2240 g/mol. The Morgan fingerprint density at radius 2 is 0.627 bits per heavy atom. The zero-order valence-electron chi connectivity index (χ0n) is 77.7. The molecular weight excluding hydrogens is 2180 g/mol. The molecule has 0 atom stereocenters. The smallest absolute Gasteiger partial charge is 0.435 e. The molecule has 0 aliphatic carbocycles. The van der Waals surface area contributed by atoms with Gasteiger partial charge in [-0.1, -0.05) is 97.0 Å². The lowest BCUT2D eigenvalue weighted by atomic mass is 10.1. The van der Waals surface area contributed by atoms with Gasteiger partial charge in [-0.2, -0.15) is 61.5 Å². The van der Waals surface area contributed by atoms with Gasteiger partial charge in [-0.15, -0.1) is 0 Å². The third-order valence-electron chi connectivity index (χ3n) is 22.5.